The minimum atomic E-state index is -4.25. The maximum absolute atomic E-state index is 12.4. The second-order valence-electron chi connectivity index (χ2n) is 7.69. The molecule has 0 spiro atoms. The first-order valence-corrected chi connectivity index (χ1v) is 11.2. The molecular formula is C19H28F3NO5S. The minimum Gasteiger partial charge on any atom is -0.494 e. The molecule has 2 unspecified atom stereocenters. The van der Waals surface area contributed by atoms with Gasteiger partial charge in [0.05, 0.1) is 18.4 Å². The summed E-state index contributed by atoms with van der Waals surface area (Å²) in [5, 5.41) is 10.7. The Kier molecular flexibility index (Phi) is 7.45. The van der Waals surface area contributed by atoms with Crippen LogP contribution in [0.1, 0.15) is 58.1 Å². The number of benzene rings is 1. The number of unbranched alkanes of at least 4 members (excludes halogenated alkanes) is 1. The summed E-state index contributed by atoms with van der Waals surface area (Å²) in [6, 6.07) is 3.64. The Hall–Kier alpha value is -1.52. The van der Waals surface area contributed by atoms with E-state index in [9.17, 15) is 26.7 Å². The average Bonchev–Trinajstić information content (AvgIpc) is 2.60. The third-order valence-electron chi connectivity index (χ3n) is 4.66. The topological polar surface area (TPSA) is 84.9 Å². The van der Waals surface area contributed by atoms with Crippen LogP contribution in [0.2, 0.25) is 0 Å². The zero-order chi connectivity index (χ0) is 21.9. The molecule has 2 N–H and O–H groups in total. The number of alkyl halides is 3. The van der Waals surface area contributed by atoms with Crippen LogP contribution in [0.15, 0.2) is 18.2 Å². The average molecular weight is 439 g/mol. The summed E-state index contributed by atoms with van der Waals surface area (Å²) >= 11 is 0. The molecular weight excluding hydrogens is 411 g/mol. The molecule has 2 atom stereocenters. The fraction of sp³-hybridized carbons (Fsp3) is 0.684. The maximum Gasteiger partial charge on any atom is 0.389 e. The van der Waals surface area contributed by atoms with Crippen molar-refractivity contribution in [3.63, 3.8) is 0 Å². The monoisotopic (exact) mass is 439 g/mol. The van der Waals surface area contributed by atoms with Crippen LogP contribution >= 0.6 is 0 Å². The van der Waals surface area contributed by atoms with Crippen molar-refractivity contribution >= 4 is 10.0 Å². The van der Waals surface area contributed by atoms with E-state index in [2.05, 4.69) is 4.72 Å². The molecule has 0 amide bonds. The van der Waals surface area contributed by atoms with E-state index in [0.29, 0.717) is 24.2 Å². The minimum absolute atomic E-state index is 0.0724. The van der Waals surface area contributed by atoms with Crippen molar-refractivity contribution in [3.8, 4) is 11.5 Å². The first-order valence-electron chi connectivity index (χ1n) is 9.55. The number of rotatable bonds is 9. The van der Waals surface area contributed by atoms with Crippen LogP contribution in [0.3, 0.4) is 0 Å². The molecule has 1 aliphatic rings. The quantitative estimate of drug-likeness (QED) is 0.573. The summed E-state index contributed by atoms with van der Waals surface area (Å²) < 4.78 is 75.3. The number of aliphatic hydroxyl groups is 1. The first-order chi connectivity index (χ1) is 13.3. The Labute approximate surface area is 169 Å². The Bertz CT molecular complexity index is 796. The van der Waals surface area contributed by atoms with E-state index in [-0.39, 0.29) is 24.5 Å². The smallest absolute Gasteiger partial charge is 0.389 e. The Morgan fingerprint density at radius 2 is 1.97 bits per heavy atom. The highest BCUT2D eigenvalue weighted by atomic mass is 32.2. The molecule has 0 fully saturated rings. The van der Waals surface area contributed by atoms with Crippen LogP contribution in [0.5, 0.6) is 11.5 Å². The number of aliphatic hydroxyl groups excluding tert-OH is 1. The molecule has 1 aromatic rings. The molecule has 0 saturated carbocycles. The second kappa shape index (κ2) is 9.09. The summed E-state index contributed by atoms with van der Waals surface area (Å²) in [5.74, 6) is 0.585. The van der Waals surface area contributed by atoms with Gasteiger partial charge >= 0.3 is 6.18 Å². The standard InChI is InChI=1S/C19H28F3NO5S/c1-4-5-11-29(25,26)23-16-14-12-13(27-10-6-9-19(20,21)22)7-8-15(14)28-18(2,3)17(16)24/h7-8,12,16-17,23-24H,4-6,9-11H2,1-3H3. The first kappa shape index (κ1) is 23.8. The van der Waals surface area contributed by atoms with Gasteiger partial charge in [0.2, 0.25) is 10.0 Å². The lowest BCUT2D eigenvalue weighted by atomic mass is 9.87. The summed E-state index contributed by atoms with van der Waals surface area (Å²) in [6.07, 6.45) is -5.38. The fourth-order valence-corrected chi connectivity index (χ4v) is 4.47. The van der Waals surface area contributed by atoms with E-state index in [0.717, 1.165) is 0 Å². The SMILES string of the molecule is CCCCS(=O)(=O)NC1c2cc(OCCCC(F)(F)F)ccc2OC(C)(C)C1O. The number of hydrogen-bond acceptors (Lipinski definition) is 5. The molecule has 29 heavy (non-hydrogen) atoms. The van der Waals surface area contributed by atoms with E-state index in [1.807, 2.05) is 6.92 Å². The van der Waals surface area contributed by atoms with Gasteiger partial charge in [-0.15, -0.1) is 0 Å². The van der Waals surface area contributed by atoms with Crippen molar-refractivity contribution in [1.82, 2.24) is 4.72 Å². The summed E-state index contributed by atoms with van der Waals surface area (Å²) in [7, 11) is -3.65. The van der Waals surface area contributed by atoms with Crippen LogP contribution in [-0.4, -0.2) is 43.8 Å². The highest BCUT2D eigenvalue weighted by molar-refractivity contribution is 7.89. The predicted octanol–water partition coefficient (Wildman–Crippen LogP) is 3.70. The molecule has 1 aromatic carbocycles. The molecule has 166 valence electrons. The van der Waals surface area contributed by atoms with Gasteiger partial charge in [0.25, 0.3) is 0 Å². The van der Waals surface area contributed by atoms with E-state index in [1.54, 1.807) is 26.0 Å². The van der Waals surface area contributed by atoms with Gasteiger partial charge in [0.15, 0.2) is 0 Å². The van der Waals surface area contributed by atoms with E-state index >= 15 is 0 Å². The van der Waals surface area contributed by atoms with Gasteiger partial charge in [-0.3, -0.25) is 0 Å². The van der Waals surface area contributed by atoms with Crippen LogP contribution in [0.25, 0.3) is 0 Å². The number of hydrogen-bond donors (Lipinski definition) is 2. The van der Waals surface area contributed by atoms with Gasteiger partial charge in [-0.25, -0.2) is 13.1 Å². The zero-order valence-electron chi connectivity index (χ0n) is 16.8. The van der Waals surface area contributed by atoms with Crippen LogP contribution < -0.4 is 14.2 Å². The number of ether oxygens (including phenoxy) is 2. The molecule has 2 rings (SSSR count). The number of fused-ring (bicyclic) bond motifs is 1. The van der Waals surface area contributed by atoms with Gasteiger partial charge in [-0.2, -0.15) is 13.2 Å². The number of nitrogens with one attached hydrogen (secondary N) is 1. The van der Waals surface area contributed by atoms with Crippen molar-refractivity contribution in [1.29, 1.82) is 0 Å². The van der Waals surface area contributed by atoms with Crippen LogP contribution in [0, 0.1) is 0 Å². The lowest BCUT2D eigenvalue weighted by Crippen LogP contribution is -2.53. The normalized spacial score (nSPS) is 21.3. The zero-order valence-corrected chi connectivity index (χ0v) is 17.6. The molecule has 10 heteroatoms. The summed E-state index contributed by atoms with van der Waals surface area (Å²) in [6.45, 7) is 5.03. The highest BCUT2D eigenvalue weighted by Gasteiger charge is 2.44. The summed E-state index contributed by atoms with van der Waals surface area (Å²) in [4.78, 5) is 0. The predicted molar refractivity (Wildman–Crippen MR) is 103 cm³/mol. The maximum atomic E-state index is 12.4. The van der Waals surface area contributed by atoms with Crippen LogP contribution in [0.4, 0.5) is 13.2 Å². The number of halogens is 3. The van der Waals surface area contributed by atoms with Crippen molar-refractivity contribution < 1.29 is 36.2 Å². The summed E-state index contributed by atoms with van der Waals surface area (Å²) in [5.41, 5.74) is -0.662. The third-order valence-corrected chi connectivity index (χ3v) is 6.10. The fourth-order valence-electron chi connectivity index (χ4n) is 3.04. The van der Waals surface area contributed by atoms with Crippen molar-refractivity contribution in [2.75, 3.05) is 12.4 Å². The van der Waals surface area contributed by atoms with Gasteiger partial charge < -0.3 is 14.6 Å². The Morgan fingerprint density at radius 3 is 2.59 bits per heavy atom. The molecule has 1 aliphatic heterocycles. The molecule has 0 aliphatic carbocycles. The molecule has 0 bridgehead atoms. The third kappa shape index (κ3) is 6.75. The lowest BCUT2D eigenvalue weighted by molar-refractivity contribution is -0.136. The van der Waals surface area contributed by atoms with E-state index in [1.165, 1.54) is 6.07 Å². The molecule has 0 saturated heterocycles. The molecule has 0 aromatic heterocycles. The largest absolute Gasteiger partial charge is 0.494 e. The number of sulfonamides is 1. The van der Waals surface area contributed by atoms with Gasteiger partial charge in [-0.05, 0) is 44.9 Å². The molecule has 6 nitrogen and oxygen atoms in total. The molecule has 0 radical (unpaired) electrons. The Balaban J connectivity index is 2.22. The van der Waals surface area contributed by atoms with Crippen molar-refractivity contribution in [2.45, 2.75) is 70.4 Å². The van der Waals surface area contributed by atoms with Crippen LogP contribution in [-0.2, 0) is 10.0 Å². The molecule has 1 heterocycles. The van der Waals surface area contributed by atoms with Gasteiger partial charge in [0, 0.05) is 12.0 Å². The highest BCUT2D eigenvalue weighted by Crippen LogP contribution is 2.41. The van der Waals surface area contributed by atoms with Gasteiger partial charge in [-0.1, -0.05) is 13.3 Å². The van der Waals surface area contributed by atoms with Crippen molar-refractivity contribution in [2.24, 2.45) is 0 Å². The second-order valence-corrected chi connectivity index (χ2v) is 9.56. The Morgan fingerprint density at radius 1 is 1.28 bits per heavy atom. The van der Waals surface area contributed by atoms with E-state index < -0.39 is 40.4 Å². The van der Waals surface area contributed by atoms with Gasteiger partial charge in [0.1, 0.15) is 23.2 Å². The van der Waals surface area contributed by atoms with Crippen molar-refractivity contribution in [3.05, 3.63) is 23.8 Å². The van der Waals surface area contributed by atoms with E-state index in [4.69, 9.17) is 9.47 Å². The lowest BCUT2D eigenvalue weighted by Gasteiger charge is -2.42.